The highest BCUT2D eigenvalue weighted by atomic mass is 16.5. The molecule has 6 nitrogen and oxygen atoms in total. The Balaban J connectivity index is 2.32. The lowest BCUT2D eigenvalue weighted by Crippen LogP contribution is -2.20. The van der Waals surface area contributed by atoms with Crippen LogP contribution in [0.3, 0.4) is 0 Å². The monoisotopic (exact) mass is 227 g/mol. The van der Waals surface area contributed by atoms with Crippen molar-refractivity contribution >= 4 is 0 Å². The highest BCUT2D eigenvalue weighted by Gasteiger charge is 2.05. The quantitative estimate of drug-likeness (QED) is 0.659. The van der Waals surface area contributed by atoms with Crippen LogP contribution in [-0.4, -0.2) is 39.5 Å². The summed E-state index contributed by atoms with van der Waals surface area (Å²) in [6, 6.07) is 0. The molecule has 0 aliphatic heterocycles. The number of nitrogens with one attached hydrogen (secondary N) is 1. The summed E-state index contributed by atoms with van der Waals surface area (Å²) < 4.78 is 7.24. The van der Waals surface area contributed by atoms with E-state index in [0.29, 0.717) is 19.7 Å². The largest absolute Gasteiger partial charge is 0.377 e. The van der Waals surface area contributed by atoms with Crippen molar-refractivity contribution in [2.24, 2.45) is 0 Å². The molecule has 1 heterocycles. The Kier molecular flexibility index (Phi) is 5.95. The van der Waals surface area contributed by atoms with Gasteiger partial charge in [-0.3, -0.25) is 0 Å². The Bertz CT molecular complexity index is 286. The first-order chi connectivity index (χ1) is 7.74. The molecule has 0 saturated heterocycles. The summed E-state index contributed by atoms with van der Waals surface area (Å²) in [5.74, 6) is 0.862. The van der Waals surface area contributed by atoms with Crippen molar-refractivity contribution in [3.63, 3.8) is 0 Å². The van der Waals surface area contributed by atoms with Crippen molar-refractivity contribution in [3.05, 3.63) is 5.82 Å². The van der Waals surface area contributed by atoms with Gasteiger partial charge in [0.15, 0.2) is 5.82 Å². The second-order valence-corrected chi connectivity index (χ2v) is 3.91. The maximum Gasteiger partial charge on any atom is 0.165 e. The molecule has 0 fully saturated rings. The molecule has 0 radical (unpaired) electrons. The van der Waals surface area contributed by atoms with E-state index < -0.39 is 0 Å². The molecule has 0 aliphatic rings. The first-order valence-corrected chi connectivity index (χ1v) is 5.81. The van der Waals surface area contributed by atoms with Crippen molar-refractivity contribution < 1.29 is 4.74 Å². The van der Waals surface area contributed by atoms with Crippen LogP contribution in [0.4, 0.5) is 0 Å². The van der Waals surface area contributed by atoms with Gasteiger partial charge in [-0.15, -0.1) is 5.10 Å². The molecule has 1 rings (SSSR count). The lowest BCUT2D eigenvalue weighted by atomic mass is 10.4. The molecular weight excluding hydrogens is 206 g/mol. The second-order valence-electron chi connectivity index (χ2n) is 3.91. The maximum atomic E-state index is 5.46. The van der Waals surface area contributed by atoms with Crippen LogP contribution in [0.2, 0.25) is 0 Å². The number of tetrazole rings is 1. The highest BCUT2D eigenvalue weighted by Crippen LogP contribution is 1.94. The van der Waals surface area contributed by atoms with E-state index >= 15 is 0 Å². The third-order valence-corrected chi connectivity index (χ3v) is 2.07. The van der Waals surface area contributed by atoms with Crippen LogP contribution in [0, 0.1) is 0 Å². The summed E-state index contributed by atoms with van der Waals surface area (Å²) in [6.07, 6.45) is 1.36. The van der Waals surface area contributed by atoms with Gasteiger partial charge in [0.25, 0.3) is 0 Å². The third-order valence-electron chi connectivity index (χ3n) is 2.07. The second kappa shape index (κ2) is 7.29. The van der Waals surface area contributed by atoms with Crippen LogP contribution >= 0.6 is 0 Å². The van der Waals surface area contributed by atoms with E-state index in [1.807, 2.05) is 13.8 Å². The van der Waals surface area contributed by atoms with E-state index in [-0.39, 0.29) is 6.10 Å². The van der Waals surface area contributed by atoms with Crippen molar-refractivity contribution in [1.29, 1.82) is 0 Å². The Morgan fingerprint density at radius 3 is 2.94 bits per heavy atom. The lowest BCUT2D eigenvalue weighted by Gasteiger charge is -2.08. The molecule has 0 saturated carbocycles. The van der Waals surface area contributed by atoms with Gasteiger partial charge in [0, 0.05) is 0 Å². The van der Waals surface area contributed by atoms with Crippen molar-refractivity contribution in [3.8, 4) is 0 Å². The van der Waals surface area contributed by atoms with Crippen LogP contribution in [0.25, 0.3) is 0 Å². The van der Waals surface area contributed by atoms with Crippen LogP contribution in [0.1, 0.15) is 33.0 Å². The molecule has 16 heavy (non-hydrogen) atoms. The summed E-state index contributed by atoms with van der Waals surface area (Å²) in [4.78, 5) is 0. The zero-order valence-electron chi connectivity index (χ0n) is 10.3. The normalized spacial score (nSPS) is 11.2. The minimum atomic E-state index is 0.248. The molecule has 0 bridgehead atoms. The zero-order chi connectivity index (χ0) is 11.8. The number of nitrogens with zero attached hydrogens (tertiary/aromatic N) is 4. The Hall–Kier alpha value is -1.01. The number of hydrogen-bond donors (Lipinski definition) is 1. The number of aromatic nitrogens is 4. The fourth-order valence-corrected chi connectivity index (χ4v) is 1.28. The van der Waals surface area contributed by atoms with Gasteiger partial charge < -0.3 is 10.1 Å². The summed E-state index contributed by atoms with van der Waals surface area (Å²) in [7, 11) is 0. The Labute approximate surface area is 96.4 Å². The van der Waals surface area contributed by atoms with Crippen molar-refractivity contribution in [2.75, 3.05) is 13.2 Å². The summed E-state index contributed by atoms with van der Waals surface area (Å²) in [6.45, 7) is 9.20. The Morgan fingerprint density at radius 2 is 2.25 bits per heavy atom. The average Bonchev–Trinajstić information content (AvgIpc) is 2.66. The Morgan fingerprint density at radius 1 is 1.44 bits per heavy atom. The minimum absolute atomic E-state index is 0.248. The fraction of sp³-hybridized carbons (Fsp3) is 0.900. The first kappa shape index (κ1) is 13.1. The van der Waals surface area contributed by atoms with Gasteiger partial charge in [0.2, 0.25) is 0 Å². The predicted octanol–water partition coefficient (Wildman–Crippen LogP) is 0.598. The molecule has 1 aromatic rings. The molecule has 0 unspecified atom stereocenters. The summed E-state index contributed by atoms with van der Waals surface area (Å²) >= 11 is 0. The van der Waals surface area contributed by atoms with Gasteiger partial charge in [-0.25, -0.2) is 4.68 Å². The van der Waals surface area contributed by atoms with E-state index in [1.165, 1.54) is 0 Å². The fourth-order valence-electron chi connectivity index (χ4n) is 1.28. The molecule has 92 valence electrons. The minimum Gasteiger partial charge on any atom is -0.377 e. The highest BCUT2D eigenvalue weighted by molar-refractivity contribution is 4.79. The van der Waals surface area contributed by atoms with E-state index in [2.05, 4.69) is 27.8 Å². The van der Waals surface area contributed by atoms with E-state index in [0.717, 1.165) is 18.8 Å². The number of rotatable bonds is 8. The SMILES string of the molecule is CCCNCc1nnnn1CCOC(C)C. The first-order valence-electron chi connectivity index (χ1n) is 5.81. The number of hydrogen-bond acceptors (Lipinski definition) is 5. The molecule has 6 heteroatoms. The van der Waals surface area contributed by atoms with Gasteiger partial charge in [-0.1, -0.05) is 6.92 Å². The third kappa shape index (κ3) is 4.67. The van der Waals surface area contributed by atoms with Crippen LogP contribution < -0.4 is 5.32 Å². The van der Waals surface area contributed by atoms with E-state index in [9.17, 15) is 0 Å². The maximum absolute atomic E-state index is 5.46. The smallest absolute Gasteiger partial charge is 0.165 e. The van der Waals surface area contributed by atoms with Crippen molar-refractivity contribution in [1.82, 2.24) is 25.5 Å². The van der Waals surface area contributed by atoms with Crippen LogP contribution in [0.5, 0.6) is 0 Å². The van der Waals surface area contributed by atoms with Gasteiger partial charge in [0.1, 0.15) is 0 Å². The number of ether oxygens (including phenoxy) is 1. The van der Waals surface area contributed by atoms with Gasteiger partial charge >= 0.3 is 0 Å². The molecule has 0 spiro atoms. The standard InChI is InChI=1S/C10H21N5O/c1-4-5-11-8-10-12-13-14-15(10)6-7-16-9(2)3/h9,11H,4-8H2,1-3H3. The molecule has 1 N–H and O–H groups in total. The average molecular weight is 227 g/mol. The summed E-state index contributed by atoms with van der Waals surface area (Å²) in [5, 5.41) is 14.8. The summed E-state index contributed by atoms with van der Waals surface area (Å²) in [5.41, 5.74) is 0. The molecule has 0 atom stereocenters. The lowest BCUT2D eigenvalue weighted by molar-refractivity contribution is 0.0701. The van der Waals surface area contributed by atoms with Crippen LogP contribution in [0.15, 0.2) is 0 Å². The molecule has 0 aliphatic carbocycles. The zero-order valence-corrected chi connectivity index (χ0v) is 10.3. The molecule has 0 aromatic carbocycles. The van der Waals surface area contributed by atoms with Gasteiger partial charge in [0.05, 0.1) is 25.8 Å². The van der Waals surface area contributed by atoms with E-state index in [4.69, 9.17) is 4.74 Å². The molecular formula is C10H21N5O. The molecule has 0 amide bonds. The van der Waals surface area contributed by atoms with Gasteiger partial charge in [-0.05, 0) is 37.2 Å². The van der Waals surface area contributed by atoms with Gasteiger partial charge in [-0.2, -0.15) is 0 Å². The molecule has 1 aromatic heterocycles. The predicted molar refractivity (Wildman–Crippen MR) is 60.9 cm³/mol. The van der Waals surface area contributed by atoms with Crippen LogP contribution in [-0.2, 0) is 17.8 Å². The topological polar surface area (TPSA) is 64.9 Å². The van der Waals surface area contributed by atoms with Crippen molar-refractivity contribution in [2.45, 2.75) is 46.4 Å². The van der Waals surface area contributed by atoms with E-state index in [1.54, 1.807) is 4.68 Å².